The fourth-order valence-electron chi connectivity index (χ4n) is 3.58. The number of ether oxygens (including phenoxy) is 1. The molecule has 0 unspecified atom stereocenters. The number of hydrogen-bond acceptors (Lipinski definition) is 4. The number of hydrogen-bond donors (Lipinski definition) is 0. The molecule has 1 heterocycles. The number of aryl methyl sites for hydroxylation is 1. The average molecular weight is 403 g/mol. The van der Waals surface area contributed by atoms with Crippen LogP contribution in [0.5, 0.6) is 5.75 Å². The highest BCUT2D eigenvalue weighted by Gasteiger charge is 2.34. The molecule has 1 fully saturated rings. The van der Waals surface area contributed by atoms with Crippen molar-refractivity contribution in [3.63, 3.8) is 0 Å². The first-order valence-corrected chi connectivity index (χ1v) is 10.8. The number of carbonyl (C=O) groups excluding carboxylic acids is 1. The fraction of sp³-hybridized carbons (Fsp3) is 0.381. The van der Waals surface area contributed by atoms with Crippen LogP contribution in [0.4, 0.5) is 5.69 Å². The second-order valence-corrected chi connectivity index (χ2v) is 9.00. The van der Waals surface area contributed by atoms with Crippen LogP contribution in [0, 0.1) is 12.8 Å². The van der Waals surface area contributed by atoms with Gasteiger partial charge in [-0.2, -0.15) is 4.31 Å². The van der Waals surface area contributed by atoms with Gasteiger partial charge < -0.3 is 9.64 Å². The number of anilines is 1. The lowest BCUT2D eigenvalue weighted by atomic mass is 9.98. The van der Waals surface area contributed by atoms with Crippen molar-refractivity contribution in [2.45, 2.75) is 24.7 Å². The third kappa shape index (κ3) is 4.05. The summed E-state index contributed by atoms with van der Waals surface area (Å²) in [5.74, 6) is 0.236. The van der Waals surface area contributed by atoms with Crippen LogP contribution in [-0.4, -0.2) is 45.9 Å². The van der Waals surface area contributed by atoms with E-state index in [-0.39, 0.29) is 23.3 Å². The van der Waals surface area contributed by atoms with E-state index in [4.69, 9.17) is 4.74 Å². The van der Waals surface area contributed by atoms with Crippen molar-refractivity contribution in [3.05, 3.63) is 54.1 Å². The van der Waals surface area contributed by atoms with Gasteiger partial charge in [0.25, 0.3) is 0 Å². The highest BCUT2D eigenvalue weighted by molar-refractivity contribution is 7.89. The number of amides is 1. The third-order valence-corrected chi connectivity index (χ3v) is 7.07. The Hall–Kier alpha value is -2.38. The van der Waals surface area contributed by atoms with E-state index in [1.54, 1.807) is 37.3 Å². The Bertz CT molecular complexity index is 944. The van der Waals surface area contributed by atoms with Crippen molar-refractivity contribution in [3.8, 4) is 5.75 Å². The lowest BCUT2D eigenvalue weighted by Crippen LogP contribution is -2.45. The summed E-state index contributed by atoms with van der Waals surface area (Å²) in [7, 11) is -0.369. The molecule has 150 valence electrons. The highest BCUT2D eigenvalue weighted by atomic mass is 32.2. The molecule has 0 spiro atoms. The van der Waals surface area contributed by atoms with Gasteiger partial charge in [0.05, 0.1) is 17.9 Å². The molecule has 7 heteroatoms. The van der Waals surface area contributed by atoms with Crippen molar-refractivity contribution >= 4 is 21.6 Å². The number of rotatable bonds is 5. The summed E-state index contributed by atoms with van der Waals surface area (Å²) < 4.78 is 32.9. The normalized spacial score (nSPS) is 17.9. The van der Waals surface area contributed by atoms with E-state index in [0.717, 1.165) is 11.3 Å². The Kier molecular flexibility index (Phi) is 6.05. The van der Waals surface area contributed by atoms with E-state index >= 15 is 0 Å². The van der Waals surface area contributed by atoms with Crippen molar-refractivity contribution < 1.29 is 17.9 Å². The van der Waals surface area contributed by atoms with Gasteiger partial charge in [-0.25, -0.2) is 8.42 Å². The predicted molar refractivity (Wildman–Crippen MR) is 109 cm³/mol. The predicted octanol–water partition coefficient (Wildman–Crippen LogP) is 3.07. The van der Waals surface area contributed by atoms with Crippen LogP contribution in [-0.2, 0) is 14.8 Å². The van der Waals surface area contributed by atoms with Crippen LogP contribution in [0.3, 0.4) is 0 Å². The van der Waals surface area contributed by atoms with Gasteiger partial charge in [0.2, 0.25) is 15.9 Å². The Morgan fingerprint density at radius 1 is 1.18 bits per heavy atom. The molecule has 0 bridgehead atoms. The largest absolute Gasteiger partial charge is 0.496 e. The van der Waals surface area contributed by atoms with Crippen LogP contribution in [0.1, 0.15) is 18.4 Å². The van der Waals surface area contributed by atoms with Gasteiger partial charge >= 0.3 is 0 Å². The molecule has 0 radical (unpaired) electrons. The second-order valence-electron chi connectivity index (χ2n) is 7.07. The van der Waals surface area contributed by atoms with Crippen molar-refractivity contribution in [1.29, 1.82) is 0 Å². The molecule has 1 saturated heterocycles. The fourth-order valence-corrected chi connectivity index (χ4v) is 5.18. The summed E-state index contributed by atoms with van der Waals surface area (Å²) in [5.41, 5.74) is 1.57. The first-order valence-electron chi connectivity index (χ1n) is 9.32. The van der Waals surface area contributed by atoms with Crippen molar-refractivity contribution in [2.24, 2.45) is 5.92 Å². The minimum Gasteiger partial charge on any atom is -0.496 e. The zero-order valence-electron chi connectivity index (χ0n) is 16.5. The van der Waals surface area contributed by atoms with Gasteiger partial charge in [-0.15, -0.1) is 0 Å². The molecule has 28 heavy (non-hydrogen) atoms. The van der Waals surface area contributed by atoms with E-state index in [1.165, 1.54) is 4.31 Å². The molecule has 3 rings (SSSR count). The van der Waals surface area contributed by atoms with E-state index in [9.17, 15) is 13.2 Å². The molecule has 1 atom stereocenters. The maximum Gasteiger partial charge on any atom is 0.243 e. The molecule has 1 amide bonds. The molecule has 0 aromatic heterocycles. The maximum atomic E-state index is 13.1. The first-order chi connectivity index (χ1) is 13.3. The van der Waals surface area contributed by atoms with E-state index < -0.39 is 10.0 Å². The lowest BCUT2D eigenvalue weighted by Gasteiger charge is -2.33. The molecule has 1 aliphatic heterocycles. The number of nitrogens with zero attached hydrogens (tertiary/aromatic N) is 2. The summed E-state index contributed by atoms with van der Waals surface area (Å²) >= 11 is 0. The van der Waals surface area contributed by atoms with Crippen molar-refractivity contribution in [2.75, 3.05) is 32.1 Å². The topological polar surface area (TPSA) is 66.9 Å². The van der Waals surface area contributed by atoms with Crippen LogP contribution in [0.15, 0.2) is 53.4 Å². The van der Waals surface area contributed by atoms with Crippen LogP contribution in [0.2, 0.25) is 0 Å². The number of benzene rings is 2. The quantitative estimate of drug-likeness (QED) is 0.771. The van der Waals surface area contributed by atoms with Crippen LogP contribution < -0.4 is 9.64 Å². The SMILES string of the molecule is COc1ccc(S(=O)(=O)N2CCC[C@@H](C(=O)N(C)c3ccccc3)C2)cc1C. The number of carbonyl (C=O) groups is 1. The summed E-state index contributed by atoms with van der Waals surface area (Å²) in [6.07, 6.45) is 1.34. The number of para-hydroxylation sites is 1. The van der Waals surface area contributed by atoms with Gasteiger partial charge in [-0.05, 0) is 55.7 Å². The number of sulfonamides is 1. The summed E-state index contributed by atoms with van der Waals surface area (Å²) in [4.78, 5) is 14.8. The maximum absolute atomic E-state index is 13.1. The average Bonchev–Trinajstić information content (AvgIpc) is 2.73. The Labute approximate surface area is 166 Å². The number of piperidine rings is 1. The zero-order valence-corrected chi connectivity index (χ0v) is 17.3. The molecule has 1 aliphatic rings. The van der Waals surface area contributed by atoms with Gasteiger partial charge in [-0.1, -0.05) is 18.2 Å². The Morgan fingerprint density at radius 3 is 2.54 bits per heavy atom. The molecule has 2 aromatic carbocycles. The molecule has 2 aromatic rings. The zero-order chi connectivity index (χ0) is 20.3. The van der Waals surface area contributed by atoms with Gasteiger partial charge in [0, 0.05) is 25.8 Å². The van der Waals surface area contributed by atoms with Crippen LogP contribution >= 0.6 is 0 Å². The Morgan fingerprint density at radius 2 is 1.89 bits per heavy atom. The summed E-state index contributed by atoms with van der Waals surface area (Å²) in [5, 5.41) is 0. The third-order valence-electron chi connectivity index (χ3n) is 5.21. The minimum absolute atomic E-state index is 0.0583. The molecular weight excluding hydrogens is 376 g/mol. The second kappa shape index (κ2) is 8.32. The van der Waals surface area contributed by atoms with Crippen LogP contribution in [0.25, 0.3) is 0 Å². The van der Waals surface area contributed by atoms with Gasteiger partial charge in [-0.3, -0.25) is 4.79 Å². The standard InChI is InChI=1S/C21H26N2O4S/c1-16-14-19(11-12-20(16)27-3)28(25,26)23-13-7-8-17(15-23)21(24)22(2)18-9-5-4-6-10-18/h4-6,9-12,14,17H,7-8,13,15H2,1-3H3/t17-/m1/s1. The summed E-state index contributed by atoms with van der Waals surface area (Å²) in [6, 6.07) is 14.2. The molecule has 0 aliphatic carbocycles. The van der Waals surface area contributed by atoms with Gasteiger partial charge in [0.15, 0.2) is 0 Å². The smallest absolute Gasteiger partial charge is 0.243 e. The van der Waals surface area contributed by atoms with E-state index in [2.05, 4.69) is 0 Å². The molecule has 0 N–H and O–H groups in total. The van der Waals surface area contributed by atoms with Crippen molar-refractivity contribution in [1.82, 2.24) is 4.31 Å². The highest BCUT2D eigenvalue weighted by Crippen LogP contribution is 2.28. The van der Waals surface area contributed by atoms with Gasteiger partial charge in [0.1, 0.15) is 5.75 Å². The molecule has 6 nitrogen and oxygen atoms in total. The number of methoxy groups -OCH3 is 1. The minimum atomic E-state index is -3.66. The monoisotopic (exact) mass is 402 g/mol. The molecule has 0 saturated carbocycles. The van der Waals surface area contributed by atoms with E-state index in [1.807, 2.05) is 37.3 Å². The lowest BCUT2D eigenvalue weighted by molar-refractivity contribution is -0.123. The Balaban J connectivity index is 1.78. The molecular formula is C21H26N2O4S. The summed E-state index contributed by atoms with van der Waals surface area (Å²) in [6.45, 7) is 2.44. The van der Waals surface area contributed by atoms with E-state index in [0.29, 0.717) is 25.1 Å². The first kappa shape index (κ1) is 20.4.